The van der Waals surface area contributed by atoms with Crippen molar-refractivity contribution in [2.24, 2.45) is 0 Å². The molecule has 0 unspecified atom stereocenters. The number of nitrogens with zero attached hydrogens (tertiary/aromatic N) is 3. The van der Waals surface area contributed by atoms with E-state index in [9.17, 15) is 4.79 Å². The highest BCUT2D eigenvalue weighted by atomic mass is 16.7. The number of aromatic carboxylic acids is 1. The Bertz CT molecular complexity index is 488. The largest absolute Gasteiger partial charge is 0.476 e. The molecule has 0 saturated carbocycles. The smallest absolute Gasteiger partial charge is 0.356 e. The fourth-order valence-corrected chi connectivity index (χ4v) is 2.53. The van der Waals surface area contributed by atoms with Gasteiger partial charge in [-0.1, -0.05) is 0 Å². The van der Waals surface area contributed by atoms with Gasteiger partial charge in [0.05, 0.1) is 32.2 Å². The normalized spacial score (nSPS) is 21.8. The van der Waals surface area contributed by atoms with Crippen molar-refractivity contribution in [2.45, 2.75) is 18.6 Å². The van der Waals surface area contributed by atoms with Crippen molar-refractivity contribution in [2.75, 3.05) is 31.2 Å². The van der Waals surface area contributed by atoms with E-state index in [4.69, 9.17) is 14.6 Å². The van der Waals surface area contributed by atoms with E-state index in [-0.39, 0.29) is 5.69 Å². The Balaban J connectivity index is 1.81. The van der Waals surface area contributed by atoms with Crippen molar-refractivity contribution < 1.29 is 19.4 Å². The fourth-order valence-electron chi connectivity index (χ4n) is 2.53. The SMILES string of the molecule is O=C(O)c1cncc(N2CCCC3(C2)OCCO3)n1. The number of anilines is 1. The molecule has 19 heavy (non-hydrogen) atoms. The van der Waals surface area contributed by atoms with E-state index >= 15 is 0 Å². The molecule has 3 heterocycles. The second-order valence-corrected chi connectivity index (χ2v) is 4.70. The van der Waals surface area contributed by atoms with Gasteiger partial charge in [-0.25, -0.2) is 9.78 Å². The third-order valence-corrected chi connectivity index (χ3v) is 3.40. The zero-order valence-electron chi connectivity index (χ0n) is 10.4. The van der Waals surface area contributed by atoms with Crippen LogP contribution in [0.1, 0.15) is 23.3 Å². The van der Waals surface area contributed by atoms with Crippen LogP contribution in [0.4, 0.5) is 5.82 Å². The lowest BCUT2D eigenvalue weighted by molar-refractivity contribution is -0.161. The van der Waals surface area contributed by atoms with Crippen LogP contribution in [0.25, 0.3) is 0 Å². The van der Waals surface area contributed by atoms with Crippen molar-refractivity contribution in [1.29, 1.82) is 0 Å². The molecule has 1 aromatic heterocycles. The number of aromatic nitrogens is 2. The number of rotatable bonds is 2. The maximum absolute atomic E-state index is 10.9. The van der Waals surface area contributed by atoms with Crippen LogP contribution in [0.15, 0.2) is 12.4 Å². The van der Waals surface area contributed by atoms with E-state index in [2.05, 4.69) is 9.97 Å². The van der Waals surface area contributed by atoms with Gasteiger partial charge in [-0.3, -0.25) is 4.98 Å². The summed E-state index contributed by atoms with van der Waals surface area (Å²) < 4.78 is 11.4. The van der Waals surface area contributed by atoms with Crippen molar-refractivity contribution in [3.8, 4) is 0 Å². The summed E-state index contributed by atoms with van der Waals surface area (Å²) in [7, 11) is 0. The molecule has 1 N–H and O–H groups in total. The average Bonchev–Trinajstić information content (AvgIpc) is 2.87. The molecule has 7 heteroatoms. The number of ether oxygens (including phenoxy) is 2. The van der Waals surface area contributed by atoms with Gasteiger partial charge in [-0.05, 0) is 6.42 Å². The van der Waals surface area contributed by atoms with Gasteiger partial charge in [0.2, 0.25) is 0 Å². The van der Waals surface area contributed by atoms with Gasteiger partial charge in [0, 0.05) is 13.0 Å². The lowest BCUT2D eigenvalue weighted by Gasteiger charge is -2.39. The van der Waals surface area contributed by atoms with Crippen molar-refractivity contribution in [3.05, 3.63) is 18.1 Å². The Hall–Kier alpha value is -1.73. The molecular formula is C12H15N3O4. The van der Waals surface area contributed by atoms with Gasteiger partial charge >= 0.3 is 5.97 Å². The monoisotopic (exact) mass is 265 g/mol. The predicted molar refractivity (Wildman–Crippen MR) is 65.1 cm³/mol. The molecular weight excluding hydrogens is 250 g/mol. The van der Waals surface area contributed by atoms with E-state index in [0.717, 1.165) is 19.4 Å². The molecule has 0 aliphatic carbocycles. The Morgan fingerprint density at radius 2 is 2.16 bits per heavy atom. The first-order chi connectivity index (χ1) is 9.19. The summed E-state index contributed by atoms with van der Waals surface area (Å²) in [5, 5.41) is 8.94. The minimum absolute atomic E-state index is 0.0506. The molecule has 2 saturated heterocycles. The molecule has 7 nitrogen and oxygen atoms in total. The summed E-state index contributed by atoms with van der Waals surface area (Å²) in [6.45, 7) is 2.57. The highest BCUT2D eigenvalue weighted by Gasteiger charge is 2.41. The molecule has 102 valence electrons. The predicted octanol–water partition coefficient (Wildman–Crippen LogP) is 0.518. The number of hydrogen-bond donors (Lipinski definition) is 1. The van der Waals surface area contributed by atoms with Gasteiger partial charge in [0.1, 0.15) is 5.82 Å². The van der Waals surface area contributed by atoms with Gasteiger partial charge < -0.3 is 19.5 Å². The number of hydrogen-bond acceptors (Lipinski definition) is 6. The quantitative estimate of drug-likeness (QED) is 0.834. The van der Waals surface area contributed by atoms with Crippen LogP contribution in [0.3, 0.4) is 0 Å². The summed E-state index contributed by atoms with van der Waals surface area (Å²) in [5.41, 5.74) is -0.0506. The van der Waals surface area contributed by atoms with E-state index in [0.29, 0.717) is 25.6 Å². The number of carboxylic acids is 1. The zero-order chi connectivity index (χ0) is 13.3. The first kappa shape index (κ1) is 12.3. The molecule has 0 aromatic carbocycles. The molecule has 1 aromatic rings. The maximum atomic E-state index is 10.9. The van der Waals surface area contributed by atoms with Gasteiger partial charge in [-0.15, -0.1) is 0 Å². The lowest BCUT2D eigenvalue weighted by Crippen LogP contribution is -2.49. The van der Waals surface area contributed by atoms with E-state index < -0.39 is 11.8 Å². The third kappa shape index (κ3) is 2.39. The van der Waals surface area contributed by atoms with Crippen LogP contribution >= 0.6 is 0 Å². The molecule has 2 aliphatic heterocycles. The molecule has 0 radical (unpaired) electrons. The van der Waals surface area contributed by atoms with Gasteiger partial charge in [-0.2, -0.15) is 0 Å². The number of carboxylic acid groups (broad SMARTS) is 1. The van der Waals surface area contributed by atoms with Crippen LogP contribution in [0.2, 0.25) is 0 Å². The molecule has 3 rings (SSSR count). The van der Waals surface area contributed by atoms with Crippen LogP contribution in [-0.2, 0) is 9.47 Å². The zero-order valence-corrected chi connectivity index (χ0v) is 10.4. The summed E-state index contributed by atoms with van der Waals surface area (Å²) in [6.07, 6.45) is 4.59. The maximum Gasteiger partial charge on any atom is 0.356 e. The molecule has 0 bridgehead atoms. The minimum atomic E-state index is -1.07. The average molecular weight is 265 g/mol. The third-order valence-electron chi connectivity index (χ3n) is 3.40. The Labute approximate surface area is 110 Å². The highest BCUT2D eigenvalue weighted by Crippen LogP contribution is 2.31. The molecule has 0 atom stereocenters. The summed E-state index contributed by atoms with van der Waals surface area (Å²) in [5.74, 6) is -1.08. The lowest BCUT2D eigenvalue weighted by atomic mass is 10.0. The molecule has 2 aliphatic rings. The number of piperidine rings is 1. The standard InChI is InChI=1S/C12H15N3O4/c16-11(17)9-6-13-7-10(14-9)15-3-1-2-12(8-15)18-4-5-19-12/h6-7H,1-5,8H2,(H,16,17). The first-order valence-corrected chi connectivity index (χ1v) is 6.27. The van der Waals surface area contributed by atoms with Crippen LogP contribution in [-0.4, -0.2) is 53.1 Å². The molecule has 1 spiro atoms. The van der Waals surface area contributed by atoms with E-state index in [1.807, 2.05) is 4.90 Å². The van der Waals surface area contributed by atoms with Gasteiger partial charge in [0.25, 0.3) is 0 Å². The van der Waals surface area contributed by atoms with Crippen molar-refractivity contribution in [1.82, 2.24) is 9.97 Å². The van der Waals surface area contributed by atoms with Crippen molar-refractivity contribution in [3.63, 3.8) is 0 Å². The second-order valence-electron chi connectivity index (χ2n) is 4.70. The topological polar surface area (TPSA) is 84.8 Å². The Morgan fingerprint density at radius 1 is 1.37 bits per heavy atom. The summed E-state index contributed by atoms with van der Waals surface area (Å²) >= 11 is 0. The second kappa shape index (κ2) is 4.75. The Kier molecular flexibility index (Phi) is 3.08. The summed E-state index contributed by atoms with van der Waals surface area (Å²) in [6, 6.07) is 0. The number of carbonyl (C=O) groups is 1. The molecule has 2 fully saturated rings. The molecule has 0 amide bonds. The van der Waals surface area contributed by atoms with Gasteiger partial charge in [0.15, 0.2) is 11.5 Å². The Morgan fingerprint density at radius 3 is 2.89 bits per heavy atom. The first-order valence-electron chi connectivity index (χ1n) is 6.27. The fraction of sp³-hybridized carbons (Fsp3) is 0.583. The highest BCUT2D eigenvalue weighted by molar-refractivity contribution is 5.85. The van der Waals surface area contributed by atoms with Crippen LogP contribution in [0, 0.1) is 0 Å². The van der Waals surface area contributed by atoms with Crippen molar-refractivity contribution >= 4 is 11.8 Å². The summed E-state index contributed by atoms with van der Waals surface area (Å²) in [4.78, 5) is 20.9. The van der Waals surface area contributed by atoms with Crippen LogP contribution in [0.5, 0.6) is 0 Å². The minimum Gasteiger partial charge on any atom is -0.476 e. The van der Waals surface area contributed by atoms with E-state index in [1.54, 1.807) is 6.20 Å². The van der Waals surface area contributed by atoms with Crippen LogP contribution < -0.4 is 4.90 Å². The van der Waals surface area contributed by atoms with E-state index in [1.165, 1.54) is 6.20 Å².